The van der Waals surface area contributed by atoms with Crippen molar-refractivity contribution in [2.24, 2.45) is 5.92 Å². The van der Waals surface area contributed by atoms with Crippen molar-refractivity contribution in [1.82, 2.24) is 10.6 Å². The zero-order valence-electron chi connectivity index (χ0n) is 25.7. The first kappa shape index (κ1) is 33.6. The van der Waals surface area contributed by atoms with Crippen LogP contribution >= 0.6 is 0 Å². The molecule has 0 saturated heterocycles. The second-order valence-corrected chi connectivity index (χ2v) is 11.8. The lowest BCUT2D eigenvalue weighted by atomic mass is 10.0. The molecule has 44 heavy (non-hydrogen) atoms. The number of carbonyl (C=O) groups excluding carboxylic acids is 3. The lowest BCUT2D eigenvalue weighted by Crippen LogP contribution is -2.54. The molecule has 3 N–H and O–H groups in total. The summed E-state index contributed by atoms with van der Waals surface area (Å²) in [6, 6.07) is 19.7. The van der Waals surface area contributed by atoms with E-state index >= 15 is 0 Å². The third kappa shape index (κ3) is 11.4. The molecule has 234 valence electrons. The summed E-state index contributed by atoms with van der Waals surface area (Å²) in [5.41, 5.74) is 1.23. The number of amides is 3. The fourth-order valence-corrected chi connectivity index (χ4v) is 4.23. The normalized spacial score (nSPS) is 12.5. The lowest BCUT2D eigenvalue weighted by molar-refractivity contribution is -0.384. The Bertz CT molecular complexity index is 1400. The van der Waals surface area contributed by atoms with Crippen molar-refractivity contribution in [2.75, 3.05) is 5.32 Å². The minimum absolute atomic E-state index is 0.0360. The van der Waals surface area contributed by atoms with E-state index in [9.17, 15) is 24.5 Å². The van der Waals surface area contributed by atoms with Crippen LogP contribution in [0.2, 0.25) is 0 Å². The van der Waals surface area contributed by atoms with E-state index in [2.05, 4.69) is 16.0 Å². The summed E-state index contributed by atoms with van der Waals surface area (Å²) in [4.78, 5) is 49.8. The molecular formula is C33H40N4O7. The second-order valence-electron chi connectivity index (χ2n) is 11.8. The number of carbonyl (C=O) groups is 3. The number of nitro groups is 1. The van der Waals surface area contributed by atoms with Crippen LogP contribution in [0, 0.1) is 16.0 Å². The molecule has 2 unspecified atom stereocenters. The van der Waals surface area contributed by atoms with Gasteiger partial charge in [0.2, 0.25) is 5.91 Å². The Morgan fingerprint density at radius 1 is 0.841 bits per heavy atom. The fourth-order valence-electron chi connectivity index (χ4n) is 4.23. The van der Waals surface area contributed by atoms with Crippen LogP contribution in [-0.4, -0.2) is 40.5 Å². The van der Waals surface area contributed by atoms with Gasteiger partial charge in [0, 0.05) is 24.2 Å². The number of non-ortho nitro benzene ring substituents is 1. The molecule has 0 aliphatic heterocycles. The summed E-state index contributed by atoms with van der Waals surface area (Å²) in [7, 11) is 0. The van der Waals surface area contributed by atoms with Gasteiger partial charge < -0.3 is 25.4 Å². The van der Waals surface area contributed by atoms with Crippen molar-refractivity contribution in [3.05, 3.63) is 100 Å². The fraction of sp³-hybridized carbons (Fsp3) is 0.364. The first-order valence-electron chi connectivity index (χ1n) is 14.4. The van der Waals surface area contributed by atoms with Crippen LogP contribution in [0.3, 0.4) is 0 Å². The number of benzene rings is 3. The van der Waals surface area contributed by atoms with E-state index < -0.39 is 40.5 Å². The highest BCUT2D eigenvalue weighted by atomic mass is 16.6. The van der Waals surface area contributed by atoms with Gasteiger partial charge in [0.1, 0.15) is 30.0 Å². The van der Waals surface area contributed by atoms with E-state index in [-0.39, 0.29) is 18.0 Å². The Morgan fingerprint density at radius 3 is 2.05 bits per heavy atom. The lowest BCUT2D eigenvalue weighted by Gasteiger charge is -2.27. The maximum absolute atomic E-state index is 13.5. The number of nitro benzene ring substituents is 1. The number of hydrogen-bond acceptors (Lipinski definition) is 7. The standard InChI is InChI=1S/C33H40N4O7/c1-22(2)19-28(36-32(40)34-25-13-15-26(16-14-25)37(41)42)30(38)35-29(31(39)44-33(3,4)5)20-23-11-17-27(18-12-23)43-21-24-9-7-6-8-10-24/h6-18,22,28-29H,19-21H2,1-5H3,(H,35,38)(H2,34,36,40). The minimum Gasteiger partial charge on any atom is -0.489 e. The topological polar surface area (TPSA) is 149 Å². The van der Waals surface area contributed by atoms with Gasteiger partial charge in [0.15, 0.2) is 0 Å². The number of nitrogens with zero attached hydrogens (tertiary/aromatic N) is 1. The van der Waals surface area contributed by atoms with Gasteiger partial charge in [-0.3, -0.25) is 14.9 Å². The third-order valence-corrected chi connectivity index (χ3v) is 6.28. The molecule has 0 spiro atoms. The van der Waals surface area contributed by atoms with Gasteiger partial charge in [-0.1, -0.05) is 56.3 Å². The first-order chi connectivity index (χ1) is 20.8. The average molecular weight is 605 g/mol. The molecule has 0 aromatic heterocycles. The SMILES string of the molecule is CC(C)CC(NC(=O)Nc1ccc([N+](=O)[O-])cc1)C(=O)NC(Cc1ccc(OCc2ccccc2)cc1)C(=O)OC(C)(C)C. The molecular weight excluding hydrogens is 564 g/mol. The van der Waals surface area contributed by atoms with Gasteiger partial charge in [-0.15, -0.1) is 0 Å². The molecule has 0 radical (unpaired) electrons. The molecule has 0 aliphatic rings. The molecule has 3 rings (SSSR count). The molecule has 2 atom stereocenters. The van der Waals surface area contributed by atoms with Crippen LogP contribution in [0.5, 0.6) is 5.75 Å². The van der Waals surface area contributed by atoms with Gasteiger partial charge in [-0.25, -0.2) is 9.59 Å². The summed E-state index contributed by atoms with van der Waals surface area (Å²) < 4.78 is 11.5. The van der Waals surface area contributed by atoms with Gasteiger partial charge in [-0.2, -0.15) is 0 Å². The largest absolute Gasteiger partial charge is 0.489 e. The van der Waals surface area contributed by atoms with Crippen molar-refractivity contribution >= 4 is 29.3 Å². The highest BCUT2D eigenvalue weighted by molar-refractivity contribution is 5.95. The van der Waals surface area contributed by atoms with E-state index in [0.717, 1.165) is 11.1 Å². The Morgan fingerprint density at radius 2 is 1.48 bits per heavy atom. The summed E-state index contributed by atoms with van der Waals surface area (Å²) >= 11 is 0. The summed E-state index contributed by atoms with van der Waals surface area (Å²) in [5, 5.41) is 18.9. The van der Waals surface area contributed by atoms with E-state index in [1.807, 2.05) is 56.3 Å². The van der Waals surface area contributed by atoms with Gasteiger partial charge in [0.05, 0.1) is 4.92 Å². The molecule has 3 aromatic rings. The number of esters is 1. The summed E-state index contributed by atoms with van der Waals surface area (Å²) in [5.74, 6) is -0.449. The third-order valence-electron chi connectivity index (χ3n) is 6.28. The number of hydrogen-bond donors (Lipinski definition) is 3. The minimum atomic E-state index is -1.02. The van der Waals surface area contributed by atoms with Crippen LogP contribution in [0.1, 0.15) is 52.2 Å². The number of rotatable bonds is 13. The van der Waals surface area contributed by atoms with Gasteiger partial charge in [0.25, 0.3) is 5.69 Å². The summed E-state index contributed by atoms with van der Waals surface area (Å²) in [6.45, 7) is 9.46. The van der Waals surface area contributed by atoms with Gasteiger partial charge >= 0.3 is 12.0 Å². The van der Waals surface area contributed by atoms with Crippen molar-refractivity contribution < 1.29 is 28.8 Å². The number of anilines is 1. The molecule has 11 heteroatoms. The van der Waals surface area contributed by atoms with Crippen LogP contribution in [0.4, 0.5) is 16.2 Å². The molecule has 3 amide bonds. The predicted molar refractivity (Wildman–Crippen MR) is 167 cm³/mol. The highest BCUT2D eigenvalue weighted by Gasteiger charge is 2.30. The molecule has 11 nitrogen and oxygen atoms in total. The van der Waals surface area contributed by atoms with Crippen molar-refractivity contribution in [2.45, 2.75) is 71.8 Å². The maximum atomic E-state index is 13.5. The van der Waals surface area contributed by atoms with E-state index in [1.165, 1.54) is 24.3 Å². The Balaban J connectivity index is 1.70. The predicted octanol–water partition coefficient (Wildman–Crippen LogP) is 5.78. The van der Waals surface area contributed by atoms with E-state index in [1.54, 1.807) is 32.9 Å². The molecule has 3 aromatic carbocycles. The van der Waals surface area contributed by atoms with Crippen molar-refractivity contribution in [3.63, 3.8) is 0 Å². The maximum Gasteiger partial charge on any atom is 0.329 e. The first-order valence-corrected chi connectivity index (χ1v) is 14.4. The summed E-state index contributed by atoms with van der Waals surface area (Å²) in [6.07, 6.45) is 0.455. The number of urea groups is 1. The number of ether oxygens (including phenoxy) is 2. The van der Waals surface area contributed by atoms with E-state index in [4.69, 9.17) is 9.47 Å². The number of nitrogens with one attached hydrogen (secondary N) is 3. The molecule has 0 aliphatic carbocycles. The molecule has 0 bridgehead atoms. The Hall–Kier alpha value is -4.93. The van der Waals surface area contributed by atoms with Crippen molar-refractivity contribution in [3.8, 4) is 5.75 Å². The van der Waals surface area contributed by atoms with E-state index in [0.29, 0.717) is 24.5 Å². The molecule has 0 heterocycles. The monoisotopic (exact) mass is 604 g/mol. The molecule has 0 fully saturated rings. The Kier molecular flexibility index (Phi) is 11.8. The van der Waals surface area contributed by atoms with Crippen LogP contribution < -0.4 is 20.7 Å². The van der Waals surface area contributed by atoms with Crippen LogP contribution in [-0.2, 0) is 27.4 Å². The van der Waals surface area contributed by atoms with Crippen LogP contribution in [0.15, 0.2) is 78.9 Å². The van der Waals surface area contributed by atoms with Crippen LogP contribution in [0.25, 0.3) is 0 Å². The quantitative estimate of drug-likeness (QED) is 0.127. The molecule has 0 saturated carbocycles. The van der Waals surface area contributed by atoms with Gasteiger partial charge in [-0.05, 0) is 68.5 Å². The smallest absolute Gasteiger partial charge is 0.329 e. The zero-order chi connectivity index (χ0) is 32.3. The Labute approximate surface area is 257 Å². The average Bonchev–Trinajstić information content (AvgIpc) is 2.95. The second kappa shape index (κ2) is 15.5. The zero-order valence-corrected chi connectivity index (χ0v) is 25.7. The highest BCUT2D eigenvalue weighted by Crippen LogP contribution is 2.18. The van der Waals surface area contributed by atoms with Crippen molar-refractivity contribution in [1.29, 1.82) is 0 Å².